The van der Waals surface area contributed by atoms with Gasteiger partial charge in [0.25, 0.3) is 0 Å². The van der Waals surface area contributed by atoms with E-state index in [0.29, 0.717) is 6.17 Å². The molecule has 0 bridgehead atoms. The minimum absolute atomic E-state index is 0.283. The molecule has 1 heterocycles. The normalized spacial score (nSPS) is 25.9. The standard InChI is InChI=1S/C13H29N3/c1-4-5-6-7-11(2)13-15-8-9-16(13)10-12(3)14/h11-13,15H,4-10,14H2,1-3H3. The summed E-state index contributed by atoms with van der Waals surface area (Å²) in [6.45, 7) is 10.0. The lowest BCUT2D eigenvalue weighted by molar-refractivity contribution is 0.168. The van der Waals surface area contributed by atoms with Crippen LogP contribution in [0.3, 0.4) is 0 Å². The highest BCUT2D eigenvalue weighted by atomic mass is 15.3. The summed E-state index contributed by atoms with van der Waals surface area (Å²) in [4.78, 5) is 2.52. The third kappa shape index (κ3) is 4.40. The van der Waals surface area contributed by atoms with E-state index in [1.54, 1.807) is 0 Å². The average molecular weight is 227 g/mol. The zero-order chi connectivity index (χ0) is 12.0. The van der Waals surface area contributed by atoms with E-state index < -0.39 is 0 Å². The highest BCUT2D eigenvalue weighted by molar-refractivity contribution is 4.83. The van der Waals surface area contributed by atoms with Crippen LogP contribution in [0.2, 0.25) is 0 Å². The summed E-state index contributed by atoms with van der Waals surface area (Å²) in [6, 6.07) is 0.283. The Labute approximate surface area is 101 Å². The van der Waals surface area contributed by atoms with Crippen LogP contribution in [0.4, 0.5) is 0 Å². The number of hydrogen-bond acceptors (Lipinski definition) is 3. The van der Waals surface area contributed by atoms with E-state index in [0.717, 1.165) is 25.6 Å². The number of nitrogens with one attached hydrogen (secondary N) is 1. The van der Waals surface area contributed by atoms with Gasteiger partial charge < -0.3 is 11.1 Å². The van der Waals surface area contributed by atoms with Gasteiger partial charge in [0.15, 0.2) is 0 Å². The van der Waals surface area contributed by atoms with Gasteiger partial charge in [0.1, 0.15) is 0 Å². The lowest BCUT2D eigenvalue weighted by atomic mass is 9.99. The molecule has 1 saturated heterocycles. The predicted molar refractivity (Wildman–Crippen MR) is 70.3 cm³/mol. The molecule has 0 spiro atoms. The Morgan fingerprint density at radius 1 is 1.38 bits per heavy atom. The Kier molecular flexibility index (Phi) is 6.32. The van der Waals surface area contributed by atoms with E-state index in [1.165, 1.54) is 25.7 Å². The van der Waals surface area contributed by atoms with Crippen LogP contribution in [-0.2, 0) is 0 Å². The summed E-state index contributed by atoms with van der Waals surface area (Å²) in [5, 5.41) is 3.61. The van der Waals surface area contributed by atoms with Crippen molar-refractivity contribution in [1.82, 2.24) is 10.2 Å². The van der Waals surface area contributed by atoms with Gasteiger partial charge in [-0.2, -0.15) is 0 Å². The molecule has 1 aliphatic heterocycles. The van der Waals surface area contributed by atoms with Crippen molar-refractivity contribution >= 4 is 0 Å². The summed E-state index contributed by atoms with van der Waals surface area (Å²) in [6.07, 6.45) is 5.93. The number of nitrogens with two attached hydrogens (primary N) is 1. The predicted octanol–water partition coefficient (Wildman–Crippen LogP) is 1.78. The van der Waals surface area contributed by atoms with Crippen LogP contribution in [-0.4, -0.2) is 36.7 Å². The highest BCUT2D eigenvalue weighted by Crippen LogP contribution is 2.19. The van der Waals surface area contributed by atoms with Gasteiger partial charge >= 0.3 is 0 Å². The first-order chi connectivity index (χ1) is 7.65. The van der Waals surface area contributed by atoms with Crippen LogP contribution in [0.5, 0.6) is 0 Å². The smallest absolute Gasteiger partial charge is 0.0624 e. The Morgan fingerprint density at radius 2 is 2.12 bits per heavy atom. The molecule has 0 amide bonds. The molecule has 0 saturated carbocycles. The number of hydrogen-bond donors (Lipinski definition) is 2. The van der Waals surface area contributed by atoms with E-state index >= 15 is 0 Å². The lowest BCUT2D eigenvalue weighted by Crippen LogP contribution is -2.45. The second-order valence-electron chi connectivity index (χ2n) is 5.34. The number of nitrogens with zero attached hydrogens (tertiary/aromatic N) is 1. The van der Waals surface area contributed by atoms with E-state index in [2.05, 4.69) is 31.0 Å². The third-order valence-electron chi connectivity index (χ3n) is 3.47. The molecule has 0 aromatic heterocycles. The third-order valence-corrected chi connectivity index (χ3v) is 3.47. The van der Waals surface area contributed by atoms with Gasteiger partial charge in [0, 0.05) is 25.7 Å². The minimum atomic E-state index is 0.283. The fraction of sp³-hybridized carbons (Fsp3) is 1.00. The first-order valence-electron chi connectivity index (χ1n) is 6.88. The molecular formula is C13H29N3. The van der Waals surface area contributed by atoms with Crippen LogP contribution in [0.1, 0.15) is 46.5 Å². The minimum Gasteiger partial charge on any atom is -0.327 e. The van der Waals surface area contributed by atoms with Gasteiger partial charge in [-0.3, -0.25) is 4.90 Å². The Bertz CT molecular complexity index is 182. The zero-order valence-electron chi connectivity index (χ0n) is 11.2. The second-order valence-corrected chi connectivity index (χ2v) is 5.34. The molecule has 3 heteroatoms. The monoisotopic (exact) mass is 227 g/mol. The van der Waals surface area contributed by atoms with Crippen molar-refractivity contribution < 1.29 is 0 Å². The van der Waals surface area contributed by atoms with Crippen LogP contribution in [0, 0.1) is 5.92 Å². The number of rotatable bonds is 7. The quantitative estimate of drug-likeness (QED) is 0.652. The van der Waals surface area contributed by atoms with Crippen molar-refractivity contribution in [3.8, 4) is 0 Å². The molecule has 0 radical (unpaired) electrons. The van der Waals surface area contributed by atoms with E-state index in [9.17, 15) is 0 Å². The zero-order valence-corrected chi connectivity index (χ0v) is 11.2. The van der Waals surface area contributed by atoms with Gasteiger partial charge in [0.05, 0.1) is 6.17 Å². The van der Waals surface area contributed by atoms with E-state index in [-0.39, 0.29) is 6.04 Å². The van der Waals surface area contributed by atoms with Gasteiger partial charge in [0.2, 0.25) is 0 Å². The molecular weight excluding hydrogens is 198 g/mol. The summed E-state index contributed by atoms with van der Waals surface area (Å²) < 4.78 is 0. The second kappa shape index (κ2) is 7.25. The van der Waals surface area contributed by atoms with Crippen molar-refractivity contribution in [3.05, 3.63) is 0 Å². The summed E-state index contributed by atoms with van der Waals surface area (Å²) in [5.74, 6) is 0.743. The SMILES string of the molecule is CCCCCC(C)C1NCCN1CC(C)N. The van der Waals surface area contributed by atoms with Gasteiger partial charge in [-0.1, -0.05) is 33.1 Å². The maximum absolute atomic E-state index is 5.89. The first-order valence-corrected chi connectivity index (χ1v) is 6.88. The summed E-state index contributed by atoms with van der Waals surface area (Å²) in [5.41, 5.74) is 5.89. The van der Waals surface area contributed by atoms with Crippen LogP contribution in [0.25, 0.3) is 0 Å². The molecule has 0 aromatic rings. The molecule has 3 nitrogen and oxygen atoms in total. The van der Waals surface area contributed by atoms with E-state index in [4.69, 9.17) is 5.73 Å². The van der Waals surface area contributed by atoms with Crippen LogP contribution >= 0.6 is 0 Å². The summed E-state index contributed by atoms with van der Waals surface area (Å²) >= 11 is 0. The van der Waals surface area contributed by atoms with Crippen molar-refractivity contribution in [2.45, 2.75) is 58.7 Å². The van der Waals surface area contributed by atoms with Crippen molar-refractivity contribution in [3.63, 3.8) is 0 Å². The van der Waals surface area contributed by atoms with E-state index in [1.807, 2.05) is 0 Å². The molecule has 0 aromatic carbocycles. The summed E-state index contributed by atoms with van der Waals surface area (Å²) in [7, 11) is 0. The first kappa shape index (κ1) is 13.9. The van der Waals surface area contributed by atoms with Crippen molar-refractivity contribution in [1.29, 1.82) is 0 Å². The molecule has 3 unspecified atom stereocenters. The molecule has 0 aliphatic carbocycles. The van der Waals surface area contributed by atoms with Gasteiger partial charge in [-0.25, -0.2) is 0 Å². The molecule has 96 valence electrons. The fourth-order valence-corrected chi connectivity index (χ4v) is 2.63. The molecule has 16 heavy (non-hydrogen) atoms. The van der Waals surface area contributed by atoms with Crippen molar-refractivity contribution in [2.24, 2.45) is 11.7 Å². The topological polar surface area (TPSA) is 41.3 Å². The average Bonchev–Trinajstić information content (AvgIpc) is 2.65. The maximum Gasteiger partial charge on any atom is 0.0624 e. The van der Waals surface area contributed by atoms with Crippen LogP contribution < -0.4 is 11.1 Å². The van der Waals surface area contributed by atoms with Crippen LogP contribution in [0.15, 0.2) is 0 Å². The van der Waals surface area contributed by atoms with Gasteiger partial charge in [-0.15, -0.1) is 0 Å². The molecule has 1 fully saturated rings. The highest BCUT2D eigenvalue weighted by Gasteiger charge is 2.28. The number of unbranched alkanes of at least 4 members (excludes halogenated alkanes) is 2. The Balaban J connectivity index is 2.32. The molecule has 3 N–H and O–H groups in total. The fourth-order valence-electron chi connectivity index (χ4n) is 2.63. The lowest BCUT2D eigenvalue weighted by Gasteiger charge is -2.30. The van der Waals surface area contributed by atoms with Crippen molar-refractivity contribution in [2.75, 3.05) is 19.6 Å². The largest absolute Gasteiger partial charge is 0.327 e. The Morgan fingerprint density at radius 3 is 2.75 bits per heavy atom. The molecule has 3 atom stereocenters. The molecule has 1 aliphatic rings. The molecule has 1 rings (SSSR count). The van der Waals surface area contributed by atoms with Gasteiger partial charge in [-0.05, 0) is 19.3 Å². The Hall–Kier alpha value is -0.120. The maximum atomic E-state index is 5.89.